The minimum atomic E-state index is -0.0397. The molecule has 122 valence electrons. The first kappa shape index (κ1) is 15.0. The van der Waals surface area contributed by atoms with Crippen LogP contribution in [0.1, 0.15) is 17.8 Å². The molecule has 1 saturated carbocycles. The molecule has 0 unspecified atom stereocenters. The van der Waals surface area contributed by atoms with Crippen molar-refractivity contribution in [3.05, 3.63) is 41.5 Å². The van der Waals surface area contributed by atoms with Gasteiger partial charge in [-0.05, 0) is 31.9 Å². The average molecular weight is 340 g/mol. The topological polar surface area (TPSA) is 77.0 Å². The first-order valence-corrected chi connectivity index (χ1v) is 8.62. The Labute approximate surface area is 142 Å². The number of hydrogen-bond acceptors (Lipinski definition) is 6. The molecule has 2 heterocycles. The molecule has 3 aromatic rings. The van der Waals surface area contributed by atoms with Gasteiger partial charge in [0.05, 0.1) is 0 Å². The van der Waals surface area contributed by atoms with Gasteiger partial charge in [0.1, 0.15) is 22.4 Å². The van der Waals surface area contributed by atoms with Crippen molar-refractivity contribution in [1.82, 2.24) is 15.2 Å². The lowest BCUT2D eigenvalue weighted by Gasteiger charge is -2.34. The number of anilines is 1. The van der Waals surface area contributed by atoms with E-state index in [1.54, 1.807) is 6.20 Å². The van der Waals surface area contributed by atoms with Gasteiger partial charge in [0.15, 0.2) is 0 Å². The van der Waals surface area contributed by atoms with Gasteiger partial charge in [-0.15, -0.1) is 10.2 Å². The smallest absolute Gasteiger partial charge is 0.229 e. The summed E-state index contributed by atoms with van der Waals surface area (Å²) in [6, 6.07) is 9.81. The summed E-state index contributed by atoms with van der Waals surface area (Å²) < 4.78 is 6.03. The van der Waals surface area contributed by atoms with E-state index in [1.807, 2.05) is 37.3 Å². The van der Waals surface area contributed by atoms with Crippen molar-refractivity contribution >= 4 is 33.3 Å². The highest BCUT2D eigenvalue weighted by Crippen LogP contribution is 2.34. The fourth-order valence-corrected chi connectivity index (χ4v) is 3.38. The highest BCUT2D eigenvalue weighted by Gasteiger charge is 2.36. The normalized spacial score (nSPS) is 19.7. The molecule has 0 atom stereocenters. The molecule has 1 fully saturated rings. The van der Waals surface area contributed by atoms with Crippen LogP contribution in [0.2, 0.25) is 0 Å². The van der Waals surface area contributed by atoms with E-state index in [-0.39, 0.29) is 17.9 Å². The number of pyridine rings is 1. The molecule has 4 rings (SSSR count). The van der Waals surface area contributed by atoms with Gasteiger partial charge in [-0.25, -0.2) is 0 Å². The Hall–Kier alpha value is -2.54. The number of nitrogens with one attached hydrogen (secondary N) is 1. The maximum Gasteiger partial charge on any atom is 0.229 e. The van der Waals surface area contributed by atoms with Crippen molar-refractivity contribution in [3.63, 3.8) is 0 Å². The zero-order valence-corrected chi connectivity index (χ0v) is 13.9. The number of amides is 1. The molecular formula is C17H16N4O2S. The van der Waals surface area contributed by atoms with Crippen LogP contribution in [0.25, 0.3) is 10.9 Å². The van der Waals surface area contributed by atoms with Crippen molar-refractivity contribution in [1.29, 1.82) is 0 Å². The molecule has 6 nitrogen and oxygen atoms in total. The summed E-state index contributed by atoms with van der Waals surface area (Å²) in [5.41, 5.74) is 0.859. The number of fused-ring (bicyclic) bond motifs is 1. The quantitative estimate of drug-likeness (QED) is 0.789. The number of hydrogen-bond donors (Lipinski definition) is 1. The first-order valence-electron chi connectivity index (χ1n) is 7.80. The number of carbonyl (C=O) groups excluding carboxylic acids is 1. The molecule has 0 aliphatic heterocycles. The van der Waals surface area contributed by atoms with Gasteiger partial charge in [0.25, 0.3) is 0 Å². The summed E-state index contributed by atoms with van der Waals surface area (Å²) in [7, 11) is 0. The number of aryl methyl sites for hydroxylation is 1. The van der Waals surface area contributed by atoms with Crippen molar-refractivity contribution in [3.8, 4) is 5.75 Å². The standard InChI is InChI=1S/C17H16N4O2S/c1-10-20-21-17(24-10)19-16(22)12-8-13(9-12)23-14-6-2-4-11-5-3-7-18-15(11)14/h2-7,12-13H,8-9H2,1H3,(H,19,21,22)/t12-,13-. The van der Waals surface area contributed by atoms with Gasteiger partial charge < -0.3 is 10.1 Å². The van der Waals surface area contributed by atoms with Crippen LogP contribution in [0.15, 0.2) is 36.5 Å². The van der Waals surface area contributed by atoms with Crippen LogP contribution in [0, 0.1) is 12.8 Å². The van der Waals surface area contributed by atoms with Crippen molar-refractivity contribution in [2.24, 2.45) is 5.92 Å². The number of carbonyl (C=O) groups is 1. The van der Waals surface area contributed by atoms with E-state index in [0.717, 1.165) is 21.7 Å². The minimum Gasteiger partial charge on any atom is -0.488 e. The van der Waals surface area contributed by atoms with Crippen molar-refractivity contribution in [2.45, 2.75) is 25.9 Å². The minimum absolute atomic E-state index is 0.0120. The van der Waals surface area contributed by atoms with Gasteiger partial charge in [-0.1, -0.05) is 29.5 Å². The Morgan fingerprint density at radius 3 is 2.88 bits per heavy atom. The molecule has 0 radical (unpaired) electrons. The molecule has 1 aliphatic carbocycles. The lowest BCUT2D eigenvalue weighted by atomic mass is 9.81. The molecule has 0 bridgehead atoms. The van der Waals surface area contributed by atoms with Crippen molar-refractivity contribution in [2.75, 3.05) is 5.32 Å². The number of para-hydroxylation sites is 1. The Morgan fingerprint density at radius 2 is 2.08 bits per heavy atom. The largest absolute Gasteiger partial charge is 0.488 e. The lowest BCUT2D eigenvalue weighted by Crippen LogP contribution is -2.40. The van der Waals surface area contributed by atoms with E-state index in [9.17, 15) is 4.79 Å². The zero-order chi connectivity index (χ0) is 16.5. The van der Waals surface area contributed by atoms with E-state index < -0.39 is 0 Å². The van der Waals surface area contributed by atoms with Crippen LogP contribution in [-0.2, 0) is 4.79 Å². The second-order valence-electron chi connectivity index (χ2n) is 5.85. The number of benzene rings is 1. The Kier molecular flexibility index (Phi) is 3.86. The second-order valence-corrected chi connectivity index (χ2v) is 7.04. The molecule has 7 heteroatoms. The molecular weight excluding hydrogens is 324 g/mol. The van der Waals surface area contributed by atoms with E-state index in [1.165, 1.54) is 11.3 Å². The fraction of sp³-hybridized carbons (Fsp3) is 0.294. The highest BCUT2D eigenvalue weighted by molar-refractivity contribution is 7.15. The number of rotatable bonds is 4. The molecule has 1 amide bonds. The van der Waals surface area contributed by atoms with Gasteiger partial charge in [0.2, 0.25) is 11.0 Å². The van der Waals surface area contributed by atoms with Crippen LogP contribution in [-0.4, -0.2) is 27.2 Å². The van der Waals surface area contributed by atoms with Crippen LogP contribution in [0.3, 0.4) is 0 Å². The molecule has 2 aromatic heterocycles. The maximum atomic E-state index is 12.2. The number of nitrogens with zero attached hydrogens (tertiary/aromatic N) is 3. The van der Waals surface area contributed by atoms with E-state index >= 15 is 0 Å². The second kappa shape index (κ2) is 6.16. The third kappa shape index (κ3) is 2.94. The van der Waals surface area contributed by atoms with Gasteiger partial charge in [-0.3, -0.25) is 9.78 Å². The third-order valence-electron chi connectivity index (χ3n) is 4.11. The summed E-state index contributed by atoms with van der Waals surface area (Å²) in [5.74, 6) is 0.723. The monoisotopic (exact) mass is 340 g/mol. The van der Waals surface area contributed by atoms with E-state index in [4.69, 9.17) is 4.74 Å². The summed E-state index contributed by atoms with van der Waals surface area (Å²) in [4.78, 5) is 16.6. The predicted octanol–water partition coefficient (Wildman–Crippen LogP) is 3.19. The van der Waals surface area contributed by atoms with E-state index in [0.29, 0.717) is 18.0 Å². The number of aromatic nitrogens is 3. The third-order valence-corrected chi connectivity index (χ3v) is 4.87. The molecule has 1 N–H and O–H groups in total. The molecule has 0 saturated heterocycles. The summed E-state index contributed by atoms with van der Waals surface area (Å²) in [6.07, 6.45) is 3.21. The van der Waals surface area contributed by atoms with Gasteiger partial charge in [-0.2, -0.15) is 0 Å². The SMILES string of the molecule is Cc1nnc(NC(=O)[C@H]2C[C@H](Oc3cccc4cccnc34)C2)s1. The first-order chi connectivity index (χ1) is 11.7. The lowest BCUT2D eigenvalue weighted by molar-refractivity contribution is -0.125. The Morgan fingerprint density at radius 1 is 1.25 bits per heavy atom. The van der Waals surface area contributed by atoms with Gasteiger partial charge >= 0.3 is 0 Å². The maximum absolute atomic E-state index is 12.2. The van der Waals surface area contributed by atoms with Gasteiger partial charge in [0, 0.05) is 17.5 Å². The van der Waals surface area contributed by atoms with Crippen molar-refractivity contribution < 1.29 is 9.53 Å². The highest BCUT2D eigenvalue weighted by atomic mass is 32.1. The Bertz CT molecular complexity index is 884. The van der Waals surface area contributed by atoms with Crippen LogP contribution in [0.5, 0.6) is 5.75 Å². The van der Waals surface area contributed by atoms with E-state index in [2.05, 4.69) is 20.5 Å². The van der Waals surface area contributed by atoms with Crippen LogP contribution >= 0.6 is 11.3 Å². The predicted molar refractivity (Wildman–Crippen MR) is 92.2 cm³/mol. The fourth-order valence-electron chi connectivity index (χ4n) is 2.78. The summed E-state index contributed by atoms with van der Waals surface area (Å²) in [5, 5.41) is 13.1. The molecule has 24 heavy (non-hydrogen) atoms. The van der Waals surface area contributed by atoms with Crippen LogP contribution < -0.4 is 10.1 Å². The summed E-state index contributed by atoms with van der Waals surface area (Å²) in [6.45, 7) is 1.86. The molecule has 0 spiro atoms. The summed E-state index contributed by atoms with van der Waals surface area (Å²) >= 11 is 1.38. The Balaban J connectivity index is 1.36. The molecule has 1 aliphatic rings. The number of ether oxygens (including phenoxy) is 1. The molecule has 1 aromatic carbocycles. The average Bonchev–Trinajstić information content (AvgIpc) is 2.95. The van der Waals surface area contributed by atoms with Crippen LogP contribution in [0.4, 0.5) is 5.13 Å². The zero-order valence-electron chi connectivity index (χ0n) is 13.1.